The first-order valence-corrected chi connectivity index (χ1v) is 6.56. The van der Waals surface area contributed by atoms with Crippen molar-refractivity contribution < 1.29 is 9.47 Å². The molecule has 0 aliphatic carbocycles. The lowest BCUT2D eigenvalue weighted by molar-refractivity contribution is 0.00750. The third kappa shape index (κ3) is 2.04. The maximum absolute atomic E-state index is 6.05. The molecular weight excluding hydrogens is 242 g/mol. The molecule has 1 aromatic carbocycles. The number of fused-ring (bicyclic) bond motifs is 1. The Hall–Kier alpha value is -1.75. The van der Waals surface area contributed by atoms with E-state index in [2.05, 4.69) is 11.9 Å². The molecule has 0 radical (unpaired) electrons. The molecular formula is C14H19N3O2. The average Bonchev–Trinajstić information content (AvgIpc) is 2.95. The highest BCUT2D eigenvalue weighted by Crippen LogP contribution is 2.32. The smallest absolute Gasteiger partial charge is 0.201 e. The first kappa shape index (κ1) is 12.3. The Morgan fingerprint density at radius 3 is 3.05 bits per heavy atom. The van der Waals surface area contributed by atoms with E-state index < -0.39 is 0 Å². The van der Waals surface area contributed by atoms with Crippen LogP contribution < -0.4 is 10.5 Å². The van der Waals surface area contributed by atoms with E-state index in [4.69, 9.17) is 15.2 Å². The number of rotatable bonds is 3. The minimum atomic E-state index is -0.148. The summed E-state index contributed by atoms with van der Waals surface area (Å²) in [7, 11) is 1.64. The van der Waals surface area contributed by atoms with E-state index in [1.165, 1.54) is 0 Å². The van der Waals surface area contributed by atoms with Gasteiger partial charge in [0.15, 0.2) is 0 Å². The van der Waals surface area contributed by atoms with Crippen LogP contribution in [0.25, 0.3) is 11.0 Å². The van der Waals surface area contributed by atoms with Gasteiger partial charge in [-0.2, -0.15) is 0 Å². The lowest BCUT2D eigenvalue weighted by atomic mass is 10.0. The molecule has 5 heteroatoms. The Morgan fingerprint density at radius 2 is 2.37 bits per heavy atom. The molecule has 1 aliphatic rings. The lowest BCUT2D eigenvalue weighted by Crippen LogP contribution is -2.30. The summed E-state index contributed by atoms with van der Waals surface area (Å²) in [6.45, 7) is 3.68. The molecule has 0 saturated carbocycles. The summed E-state index contributed by atoms with van der Waals surface area (Å²) >= 11 is 0. The van der Waals surface area contributed by atoms with Gasteiger partial charge in [0.05, 0.1) is 24.8 Å². The van der Waals surface area contributed by atoms with Crippen molar-refractivity contribution in [2.24, 2.45) is 0 Å². The Kier molecular flexibility index (Phi) is 2.86. The van der Waals surface area contributed by atoms with Crippen molar-refractivity contribution in [2.75, 3.05) is 19.5 Å². The van der Waals surface area contributed by atoms with E-state index in [1.807, 2.05) is 22.8 Å². The number of nitrogen functional groups attached to an aromatic ring is 1. The molecule has 1 fully saturated rings. The van der Waals surface area contributed by atoms with Gasteiger partial charge in [-0.3, -0.25) is 0 Å². The van der Waals surface area contributed by atoms with Crippen molar-refractivity contribution in [3.05, 3.63) is 18.2 Å². The van der Waals surface area contributed by atoms with Crippen LogP contribution >= 0.6 is 0 Å². The molecule has 2 N–H and O–H groups in total. The number of imidazole rings is 1. The van der Waals surface area contributed by atoms with Crippen LogP contribution in [0.3, 0.4) is 0 Å². The highest BCUT2D eigenvalue weighted by atomic mass is 16.5. The SMILES string of the molecule is COc1cccc2c1nc(N)n2CC1(C)CCCO1. The van der Waals surface area contributed by atoms with Gasteiger partial charge in [0.2, 0.25) is 5.95 Å². The summed E-state index contributed by atoms with van der Waals surface area (Å²) < 4.78 is 13.2. The molecule has 0 bridgehead atoms. The molecule has 3 rings (SSSR count). The van der Waals surface area contributed by atoms with Crippen molar-refractivity contribution >= 4 is 17.0 Å². The Bertz CT molecular complexity index is 600. The van der Waals surface area contributed by atoms with Crippen molar-refractivity contribution in [1.29, 1.82) is 0 Å². The van der Waals surface area contributed by atoms with Crippen LogP contribution in [-0.2, 0) is 11.3 Å². The van der Waals surface area contributed by atoms with Crippen LogP contribution in [0, 0.1) is 0 Å². The van der Waals surface area contributed by atoms with Gasteiger partial charge >= 0.3 is 0 Å². The monoisotopic (exact) mass is 261 g/mol. The van der Waals surface area contributed by atoms with Gasteiger partial charge in [-0.05, 0) is 31.9 Å². The quantitative estimate of drug-likeness (QED) is 0.920. The van der Waals surface area contributed by atoms with Gasteiger partial charge in [0, 0.05) is 6.61 Å². The molecule has 19 heavy (non-hydrogen) atoms. The van der Waals surface area contributed by atoms with Crippen LogP contribution in [0.5, 0.6) is 5.75 Å². The van der Waals surface area contributed by atoms with Crippen molar-refractivity contribution in [1.82, 2.24) is 9.55 Å². The second-order valence-corrected chi connectivity index (χ2v) is 5.29. The third-order valence-electron chi connectivity index (χ3n) is 3.78. The fourth-order valence-electron chi connectivity index (χ4n) is 2.77. The van der Waals surface area contributed by atoms with Gasteiger partial charge in [-0.25, -0.2) is 4.98 Å². The number of hydrogen-bond acceptors (Lipinski definition) is 4. The highest BCUT2D eigenvalue weighted by molar-refractivity contribution is 5.84. The molecule has 2 heterocycles. The maximum atomic E-state index is 6.05. The Labute approximate surface area is 112 Å². The highest BCUT2D eigenvalue weighted by Gasteiger charge is 2.31. The molecule has 5 nitrogen and oxygen atoms in total. The van der Waals surface area contributed by atoms with Gasteiger partial charge in [-0.1, -0.05) is 6.07 Å². The Morgan fingerprint density at radius 1 is 1.53 bits per heavy atom. The van der Waals surface area contributed by atoms with E-state index in [0.717, 1.165) is 42.8 Å². The number of para-hydroxylation sites is 1. The predicted molar refractivity (Wildman–Crippen MR) is 74.3 cm³/mol. The van der Waals surface area contributed by atoms with Crippen LogP contribution in [0.2, 0.25) is 0 Å². The molecule has 2 aromatic rings. The van der Waals surface area contributed by atoms with Crippen LogP contribution in [0.1, 0.15) is 19.8 Å². The number of nitrogens with two attached hydrogens (primary N) is 1. The first-order valence-electron chi connectivity index (χ1n) is 6.56. The summed E-state index contributed by atoms with van der Waals surface area (Å²) in [6, 6.07) is 5.86. The predicted octanol–water partition coefficient (Wildman–Crippen LogP) is 2.20. The molecule has 1 aromatic heterocycles. The van der Waals surface area contributed by atoms with Crippen molar-refractivity contribution in [3.63, 3.8) is 0 Å². The van der Waals surface area contributed by atoms with Gasteiger partial charge in [0.1, 0.15) is 11.3 Å². The molecule has 1 unspecified atom stereocenters. The maximum Gasteiger partial charge on any atom is 0.201 e. The zero-order valence-electron chi connectivity index (χ0n) is 11.3. The number of benzene rings is 1. The van der Waals surface area contributed by atoms with Crippen LogP contribution in [0.15, 0.2) is 18.2 Å². The van der Waals surface area contributed by atoms with E-state index in [9.17, 15) is 0 Å². The second-order valence-electron chi connectivity index (χ2n) is 5.29. The molecule has 1 atom stereocenters. The number of hydrogen-bond donors (Lipinski definition) is 1. The second kappa shape index (κ2) is 4.42. The van der Waals surface area contributed by atoms with Crippen molar-refractivity contribution in [2.45, 2.75) is 31.9 Å². The molecule has 0 spiro atoms. The first-order chi connectivity index (χ1) is 9.13. The average molecular weight is 261 g/mol. The third-order valence-corrected chi connectivity index (χ3v) is 3.78. The van der Waals surface area contributed by atoms with Crippen LogP contribution in [0.4, 0.5) is 5.95 Å². The van der Waals surface area contributed by atoms with E-state index in [-0.39, 0.29) is 5.60 Å². The summed E-state index contributed by atoms with van der Waals surface area (Å²) in [6.07, 6.45) is 2.16. The van der Waals surface area contributed by atoms with Gasteiger partial charge < -0.3 is 19.8 Å². The lowest BCUT2D eigenvalue weighted by Gasteiger charge is -2.24. The number of aromatic nitrogens is 2. The Balaban J connectivity index is 2.06. The summed E-state index contributed by atoms with van der Waals surface area (Å²) in [5.41, 5.74) is 7.71. The molecule has 0 amide bonds. The standard InChI is InChI=1S/C14H19N3O2/c1-14(7-4-8-19-14)9-17-10-5-3-6-11(18-2)12(10)16-13(17)15/h3,5-6H,4,7-9H2,1-2H3,(H2,15,16). The van der Waals surface area contributed by atoms with Gasteiger partial charge in [-0.15, -0.1) is 0 Å². The van der Waals surface area contributed by atoms with E-state index >= 15 is 0 Å². The summed E-state index contributed by atoms with van der Waals surface area (Å²) in [5, 5.41) is 0. The molecule has 1 aliphatic heterocycles. The molecule has 1 saturated heterocycles. The normalized spacial score (nSPS) is 23.1. The topological polar surface area (TPSA) is 62.3 Å². The number of ether oxygens (including phenoxy) is 2. The fourth-order valence-corrected chi connectivity index (χ4v) is 2.77. The van der Waals surface area contributed by atoms with E-state index in [0.29, 0.717) is 5.95 Å². The summed E-state index contributed by atoms with van der Waals surface area (Å²) in [5.74, 6) is 1.26. The zero-order valence-corrected chi connectivity index (χ0v) is 11.3. The van der Waals surface area contributed by atoms with Crippen molar-refractivity contribution in [3.8, 4) is 5.75 Å². The number of methoxy groups -OCH3 is 1. The zero-order chi connectivity index (χ0) is 13.5. The largest absolute Gasteiger partial charge is 0.494 e. The minimum absolute atomic E-state index is 0.148. The fraction of sp³-hybridized carbons (Fsp3) is 0.500. The number of nitrogens with zero attached hydrogens (tertiary/aromatic N) is 2. The number of anilines is 1. The molecule has 102 valence electrons. The van der Waals surface area contributed by atoms with E-state index in [1.54, 1.807) is 7.11 Å². The summed E-state index contributed by atoms with van der Waals surface area (Å²) in [4.78, 5) is 4.42. The van der Waals surface area contributed by atoms with Gasteiger partial charge in [0.25, 0.3) is 0 Å². The van der Waals surface area contributed by atoms with Crippen LogP contribution in [-0.4, -0.2) is 28.9 Å². The minimum Gasteiger partial charge on any atom is -0.494 e.